The molecule has 3 heterocycles. The Morgan fingerprint density at radius 2 is 1.92 bits per heavy atom. The number of piperidine rings is 1. The van der Waals surface area contributed by atoms with E-state index >= 15 is 0 Å². The van der Waals surface area contributed by atoms with Gasteiger partial charge in [0.15, 0.2) is 5.13 Å². The van der Waals surface area contributed by atoms with Crippen LogP contribution in [0.4, 0.5) is 5.13 Å². The average molecular weight is 535 g/mol. The highest BCUT2D eigenvalue weighted by Gasteiger charge is 2.32. The lowest BCUT2D eigenvalue weighted by atomic mass is 10.0. The minimum Gasteiger partial charge on any atom is -0.278 e. The number of sulfonamides is 1. The maximum absolute atomic E-state index is 13.8. The summed E-state index contributed by atoms with van der Waals surface area (Å²) in [6.07, 6.45) is 5.30. The Hall–Kier alpha value is -3.14. The summed E-state index contributed by atoms with van der Waals surface area (Å²) in [5, 5.41) is 0.576. The van der Waals surface area contributed by atoms with Crippen molar-refractivity contribution in [2.45, 2.75) is 57.0 Å². The SMILES string of the molecule is CCC1CCCCN1S(=O)(=O)c1ccc(C(=O)N(Cc2ccccn2)c2nc3ccc(C)cc3s2)cc1. The molecule has 9 heteroatoms. The molecule has 1 aliphatic rings. The number of benzene rings is 2. The van der Waals surface area contributed by atoms with Gasteiger partial charge < -0.3 is 0 Å². The molecule has 2 aromatic carbocycles. The molecule has 4 aromatic rings. The second-order valence-corrected chi connectivity index (χ2v) is 12.3. The van der Waals surface area contributed by atoms with Crippen molar-refractivity contribution < 1.29 is 13.2 Å². The third-order valence-corrected chi connectivity index (χ3v) is 9.81. The highest BCUT2D eigenvalue weighted by Crippen LogP contribution is 2.32. The Bertz CT molecular complexity index is 1500. The van der Waals surface area contributed by atoms with E-state index in [1.807, 2.05) is 44.2 Å². The summed E-state index contributed by atoms with van der Waals surface area (Å²) in [5.74, 6) is -0.255. The summed E-state index contributed by atoms with van der Waals surface area (Å²) in [4.78, 5) is 24.7. The zero-order chi connectivity index (χ0) is 26.0. The van der Waals surface area contributed by atoms with Crippen molar-refractivity contribution in [3.05, 3.63) is 83.7 Å². The lowest BCUT2D eigenvalue weighted by Gasteiger charge is -2.34. The Balaban J connectivity index is 1.46. The monoisotopic (exact) mass is 534 g/mol. The summed E-state index contributed by atoms with van der Waals surface area (Å²) < 4.78 is 29.4. The number of hydrogen-bond donors (Lipinski definition) is 0. The first-order valence-electron chi connectivity index (χ1n) is 12.6. The van der Waals surface area contributed by atoms with Gasteiger partial charge in [-0.05, 0) is 80.3 Å². The summed E-state index contributed by atoms with van der Waals surface area (Å²) in [6, 6.07) is 17.9. The van der Waals surface area contributed by atoms with Gasteiger partial charge in [-0.3, -0.25) is 14.7 Å². The third kappa shape index (κ3) is 5.30. The highest BCUT2D eigenvalue weighted by atomic mass is 32.2. The first kappa shape index (κ1) is 25.5. The van der Waals surface area contributed by atoms with E-state index in [0.717, 1.165) is 47.2 Å². The van der Waals surface area contributed by atoms with E-state index in [9.17, 15) is 13.2 Å². The highest BCUT2D eigenvalue weighted by molar-refractivity contribution is 7.89. The van der Waals surface area contributed by atoms with E-state index in [4.69, 9.17) is 4.98 Å². The molecule has 0 saturated carbocycles. The van der Waals surface area contributed by atoms with Crippen LogP contribution in [0.15, 0.2) is 71.8 Å². The molecule has 1 amide bonds. The molecule has 7 nitrogen and oxygen atoms in total. The average Bonchev–Trinajstić information content (AvgIpc) is 3.35. The molecule has 37 heavy (non-hydrogen) atoms. The number of carbonyl (C=O) groups is 1. The number of hydrogen-bond acceptors (Lipinski definition) is 6. The fraction of sp³-hybridized carbons (Fsp3) is 0.321. The summed E-state index contributed by atoms with van der Waals surface area (Å²) in [6.45, 7) is 4.85. The first-order chi connectivity index (χ1) is 17.9. The number of aromatic nitrogens is 2. The Morgan fingerprint density at radius 3 is 2.65 bits per heavy atom. The normalized spacial score (nSPS) is 16.6. The zero-order valence-electron chi connectivity index (χ0n) is 21.0. The van der Waals surface area contributed by atoms with Gasteiger partial charge in [-0.15, -0.1) is 0 Å². The van der Waals surface area contributed by atoms with Crippen LogP contribution >= 0.6 is 11.3 Å². The van der Waals surface area contributed by atoms with Crippen LogP contribution in [0.1, 0.15) is 54.2 Å². The summed E-state index contributed by atoms with van der Waals surface area (Å²) in [5.41, 5.74) is 3.09. The van der Waals surface area contributed by atoms with E-state index in [0.29, 0.717) is 17.2 Å². The molecule has 0 bridgehead atoms. The van der Waals surface area contributed by atoms with Gasteiger partial charge in [0.1, 0.15) is 0 Å². The van der Waals surface area contributed by atoms with E-state index in [1.54, 1.807) is 39.7 Å². The molecule has 1 fully saturated rings. The van der Waals surface area contributed by atoms with Gasteiger partial charge in [0.25, 0.3) is 5.91 Å². The van der Waals surface area contributed by atoms with Gasteiger partial charge in [-0.25, -0.2) is 13.4 Å². The zero-order valence-corrected chi connectivity index (χ0v) is 22.6. The maximum Gasteiger partial charge on any atom is 0.260 e. The van der Waals surface area contributed by atoms with E-state index in [2.05, 4.69) is 11.1 Å². The van der Waals surface area contributed by atoms with Crippen molar-refractivity contribution in [1.29, 1.82) is 0 Å². The van der Waals surface area contributed by atoms with Crippen LogP contribution in [0.25, 0.3) is 10.2 Å². The van der Waals surface area contributed by atoms with Crippen molar-refractivity contribution in [1.82, 2.24) is 14.3 Å². The molecule has 1 saturated heterocycles. The molecule has 0 radical (unpaired) electrons. The van der Waals surface area contributed by atoms with Crippen LogP contribution < -0.4 is 4.90 Å². The van der Waals surface area contributed by atoms with Gasteiger partial charge in [-0.1, -0.05) is 36.8 Å². The van der Waals surface area contributed by atoms with Crippen LogP contribution in [-0.4, -0.2) is 41.2 Å². The van der Waals surface area contributed by atoms with Gasteiger partial charge in [-0.2, -0.15) is 4.31 Å². The standard InChI is InChI=1S/C28H30N4O3S2/c1-3-23-9-5-7-17-32(23)37(34,35)24-13-11-21(12-14-24)27(33)31(19-22-8-4-6-16-29-22)28-30-25-15-10-20(2)18-26(25)36-28/h4,6,8,10-16,18,23H,3,5,7,9,17,19H2,1-2H3. The van der Waals surface area contributed by atoms with Crippen molar-refractivity contribution in [2.24, 2.45) is 0 Å². The number of anilines is 1. The molecular weight excluding hydrogens is 504 g/mol. The second-order valence-electron chi connectivity index (χ2n) is 9.38. The minimum absolute atomic E-state index is 0.0246. The van der Waals surface area contributed by atoms with Crippen molar-refractivity contribution in [2.75, 3.05) is 11.4 Å². The number of thiazole rings is 1. The number of pyridine rings is 1. The number of rotatable bonds is 7. The van der Waals surface area contributed by atoms with Gasteiger partial charge in [0, 0.05) is 24.3 Å². The maximum atomic E-state index is 13.8. The van der Waals surface area contributed by atoms with Crippen LogP contribution in [0.2, 0.25) is 0 Å². The molecule has 2 aromatic heterocycles. The predicted molar refractivity (Wildman–Crippen MR) is 147 cm³/mol. The third-order valence-electron chi connectivity index (χ3n) is 6.81. The quantitative estimate of drug-likeness (QED) is 0.299. The van der Waals surface area contributed by atoms with Crippen LogP contribution in [0.3, 0.4) is 0 Å². The first-order valence-corrected chi connectivity index (χ1v) is 14.8. The van der Waals surface area contributed by atoms with Gasteiger partial charge >= 0.3 is 0 Å². The van der Waals surface area contributed by atoms with E-state index < -0.39 is 10.0 Å². The number of aryl methyl sites for hydroxylation is 1. The van der Waals surface area contributed by atoms with Crippen molar-refractivity contribution >= 4 is 42.6 Å². The van der Waals surface area contributed by atoms with E-state index in [-0.39, 0.29) is 23.4 Å². The molecule has 192 valence electrons. The van der Waals surface area contributed by atoms with Crippen LogP contribution in [0.5, 0.6) is 0 Å². The van der Waals surface area contributed by atoms with E-state index in [1.165, 1.54) is 11.3 Å². The Labute approximate surface area is 221 Å². The molecule has 1 unspecified atom stereocenters. The minimum atomic E-state index is -3.62. The Morgan fingerprint density at radius 1 is 1.11 bits per heavy atom. The topological polar surface area (TPSA) is 83.5 Å². The van der Waals surface area contributed by atoms with Crippen molar-refractivity contribution in [3.8, 4) is 0 Å². The lowest BCUT2D eigenvalue weighted by molar-refractivity contribution is 0.0984. The summed E-state index contributed by atoms with van der Waals surface area (Å²) >= 11 is 1.45. The molecule has 1 atom stereocenters. The number of amides is 1. The smallest absolute Gasteiger partial charge is 0.260 e. The largest absolute Gasteiger partial charge is 0.278 e. The lowest BCUT2D eigenvalue weighted by Crippen LogP contribution is -2.43. The molecule has 5 rings (SSSR count). The van der Waals surface area contributed by atoms with Crippen LogP contribution in [-0.2, 0) is 16.6 Å². The van der Waals surface area contributed by atoms with Gasteiger partial charge in [0.05, 0.1) is 27.4 Å². The molecular formula is C28H30N4O3S2. The molecule has 0 N–H and O–H groups in total. The number of carbonyl (C=O) groups excluding carboxylic acids is 1. The fourth-order valence-electron chi connectivity index (χ4n) is 4.77. The van der Waals surface area contributed by atoms with Crippen molar-refractivity contribution in [3.63, 3.8) is 0 Å². The van der Waals surface area contributed by atoms with Crippen LogP contribution in [0, 0.1) is 6.92 Å². The Kier molecular flexibility index (Phi) is 7.37. The fourth-order valence-corrected chi connectivity index (χ4v) is 7.60. The second kappa shape index (κ2) is 10.7. The predicted octanol–water partition coefficient (Wildman–Crippen LogP) is 5.80. The number of nitrogens with zero attached hydrogens (tertiary/aromatic N) is 4. The van der Waals surface area contributed by atoms with Gasteiger partial charge in [0.2, 0.25) is 10.0 Å². The molecule has 0 spiro atoms. The summed E-state index contributed by atoms with van der Waals surface area (Å²) in [7, 11) is -3.62. The molecule has 1 aliphatic heterocycles. The molecule has 0 aliphatic carbocycles. The number of fused-ring (bicyclic) bond motifs is 1.